The monoisotopic (exact) mass is 279 g/mol. The lowest BCUT2D eigenvalue weighted by Crippen LogP contribution is -2.09. The summed E-state index contributed by atoms with van der Waals surface area (Å²) in [5.74, 6) is 0.698. The summed E-state index contributed by atoms with van der Waals surface area (Å²) in [4.78, 5) is 16.0. The van der Waals surface area contributed by atoms with E-state index in [-0.39, 0.29) is 12.2 Å². The van der Waals surface area contributed by atoms with Crippen molar-refractivity contribution >= 4 is 21.7 Å². The molecule has 16 heavy (non-hydrogen) atoms. The maximum absolute atomic E-state index is 12.0. The number of ketones is 1. The Kier molecular flexibility index (Phi) is 3.14. The molecule has 82 valence electrons. The Morgan fingerprint density at radius 3 is 2.81 bits per heavy atom. The van der Waals surface area contributed by atoms with E-state index in [1.165, 1.54) is 6.33 Å². The molecule has 0 unspecified atom stereocenters. The maximum Gasteiger partial charge on any atom is 0.171 e. The van der Waals surface area contributed by atoms with Crippen LogP contribution in [-0.4, -0.2) is 20.5 Å². The molecule has 2 aromatic rings. The van der Waals surface area contributed by atoms with Crippen LogP contribution in [0.4, 0.5) is 0 Å². The molecule has 0 saturated carbocycles. The Morgan fingerprint density at radius 1 is 1.44 bits per heavy atom. The van der Waals surface area contributed by atoms with E-state index in [4.69, 9.17) is 0 Å². The predicted octanol–water partition coefficient (Wildman–Crippen LogP) is 2.00. The van der Waals surface area contributed by atoms with Crippen LogP contribution in [-0.2, 0) is 13.5 Å². The lowest BCUT2D eigenvalue weighted by molar-refractivity contribution is 0.0989. The van der Waals surface area contributed by atoms with Crippen LogP contribution in [0.1, 0.15) is 16.2 Å². The number of rotatable bonds is 3. The van der Waals surface area contributed by atoms with Gasteiger partial charge in [-0.2, -0.15) is 5.10 Å². The van der Waals surface area contributed by atoms with Gasteiger partial charge < -0.3 is 0 Å². The largest absolute Gasteiger partial charge is 0.294 e. The van der Waals surface area contributed by atoms with Gasteiger partial charge in [0, 0.05) is 17.1 Å². The van der Waals surface area contributed by atoms with E-state index < -0.39 is 0 Å². The van der Waals surface area contributed by atoms with E-state index in [1.54, 1.807) is 17.8 Å². The molecule has 1 heterocycles. The Labute approximate surface area is 101 Å². The van der Waals surface area contributed by atoms with Crippen LogP contribution < -0.4 is 0 Å². The molecule has 1 aromatic heterocycles. The first-order valence-electron chi connectivity index (χ1n) is 4.79. The number of carbonyl (C=O) groups excluding carboxylic acids is 1. The highest BCUT2D eigenvalue weighted by atomic mass is 79.9. The van der Waals surface area contributed by atoms with Crippen LogP contribution in [0.2, 0.25) is 0 Å². The van der Waals surface area contributed by atoms with E-state index in [0.29, 0.717) is 11.4 Å². The van der Waals surface area contributed by atoms with Crippen LogP contribution >= 0.6 is 15.9 Å². The number of nitrogens with zero attached hydrogens (tertiary/aromatic N) is 3. The molecule has 1 aromatic carbocycles. The molecule has 2 rings (SSSR count). The van der Waals surface area contributed by atoms with Crippen LogP contribution in [0.5, 0.6) is 0 Å². The topological polar surface area (TPSA) is 47.8 Å². The van der Waals surface area contributed by atoms with E-state index in [2.05, 4.69) is 26.0 Å². The van der Waals surface area contributed by atoms with Crippen molar-refractivity contribution in [3.8, 4) is 0 Å². The molecule has 5 heteroatoms. The zero-order chi connectivity index (χ0) is 11.5. The van der Waals surface area contributed by atoms with Gasteiger partial charge in [-0.15, -0.1) is 0 Å². The third kappa shape index (κ3) is 2.19. The molecule has 0 radical (unpaired) electrons. The van der Waals surface area contributed by atoms with Gasteiger partial charge in [-0.1, -0.05) is 34.1 Å². The molecule has 0 atom stereocenters. The van der Waals surface area contributed by atoms with Crippen molar-refractivity contribution in [2.45, 2.75) is 6.42 Å². The van der Waals surface area contributed by atoms with Gasteiger partial charge in [0.05, 0.1) is 6.42 Å². The first-order chi connectivity index (χ1) is 7.68. The number of halogens is 1. The summed E-state index contributed by atoms with van der Waals surface area (Å²) in [6, 6.07) is 7.37. The molecule has 0 spiro atoms. The SMILES string of the molecule is Cn1ncnc1CC(=O)c1ccccc1Br. The van der Waals surface area contributed by atoms with Gasteiger partial charge in [-0.25, -0.2) is 4.98 Å². The molecule has 0 saturated heterocycles. The fourth-order valence-corrected chi connectivity index (χ4v) is 1.91. The molecular formula is C11H10BrN3O. The number of carbonyl (C=O) groups is 1. The second-order valence-electron chi connectivity index (χ2n) is 3.38. The third-order valence-corrected chi connectivity index (χ3v) is 2.99. The highest BCUT2D eigenvalue weighted by Gasteiger charge is 2.12. The lowest BCUT2D eigenvalue weighted by atomic mass is 10.1. The van der Waals surface area contributed by atoms with Gasteiger partial charge in [0.2, 0.25) is 0 Å². The molecule has 0 aliphatic heterocycles. The van der Waals surface area contributed by atoms with Crippen LogP contribution in [0.15, 0.2) is 35.1 Å². The highest BCUT2D eigenvalue weighted by Crippen LogP contribution is 2.17. The van der Waals surface area contributed by atoms with Crippen molar-refractivity contribution in [1.29, 1.82) is 0 Å². The third-order valence-electron chi connectivity index (χ3n) is 2.30. The van der Waals surface area contributed by atoms with E-state index in [1.807, 2.05) is 18.2 Å². The van der Waals surface area contributed by atoms with Crippen molar-refractivity contribution in [2.24, 2.45) is 7.05 Å². The van der Waals surface area contributed by atoms with Gasteiger partial charge in [-0.3, -0.25) is 9.48 Å². The van der Waals surface area contributed by atoms with E-state index in [9.17, 15) is 4.79 Å². The van der Waals surface area contributed by atoms with Crippen LogP contribution in [0.3, 0.4) is 0 Å². The molecule has 0 aliphatic carbocycles. The van der Waals surface area contributed by atoms with Crippen LogP contribution in [0, 0.1) is 0 Å². The quantitative estimate of drug-likeness (QED) is 0.808. The predicted molar refractivity (Wildman–Crippen MR) is 63.2 cm³/mol. The molecular weight excluding hydrogens is 270 g/mol. The van der Waals surface area contributed by atoms with Crippen molar-refractivity contribution in [3.63, 3.8) is 0 Å². The normalized spacial score (nSPS) is 10.4. The van der Waals surface area contributed by atoms with Gasteiger partial charge in [0.25, 0.3) is 0 Å². The number of hydrogen-bond acceptors (Lipinski definition) is 3. The second kappa shape index (κ2) is 4.57. The van der Waals surface area contributed by atoms with E-state index in [0.717, 1.165) is 4.47 Å². The summed E-state index contributed by atoms with van der Waals surface area (Å²) in [5.41, 5.74) is 0.672. The zero-order valence-electron chi connectivity index (χ0n) is 8.72. The number of hydrogen-bond donors (Lipinski definition) is 0. The van der Waals surface area contributed by atoms with Crippen LogP contribution in [0.25, 0.3) is 0 Å². The van der Waals surface area contributed by atoms with Gasteiger partial charge in [0.1, 0.15) is 12.2 Å². The Bertz CT molecular complexity index is 521. The average molecular weight is 280 g/mol. The Hall–Kier alpha value is -1.49. The molecule has 0 bridgehead atoms. The summed E-state index contributed by atoms with van der Waals surface area (Å²) >= 11 is 3.36. The second-order valence-corrected chi connectivity index (χ2v) is 4.23. The fourth-order valence-electron chi connectivity index (χ4n) is 1.41. The summed E-state index contributed by atoms with van der Waals surface area (Å²) in [6.07, 6.45) is 1.71. The number of Topliss-reactive ketones (excluding diaryl/α,β-unsaturated/α-hetero) is 1. The first kappa shape index (κ1) is 11.0. The Morgan fingerprint density at radius 2 is 2.19 bits per heavy atom. The number of aryl methyl sites for hydroxylation is 1. The van der Waals surface area contributed by atoms with Crippen molar-refractivity contribution in [1.82, 2.24) is 14.8 Å². The summed E-state index contributed by atoms with van der Waals surface area (Å²) in [7, 11) is 1.77. The molecule has 0 fully saturated rings. The van der Waals surface area contributed by atoms with Crippen molar-refractivity contribution in [3.05, 3.63) is 46.5 Å². The first-order valence-corrected chi connectivity index (χ1v) is 5.58. The smallest absolute Gasteiger partial charge is 0.171 e. The average Bonchev–Trinajstić information content (AvgIpc) is 2.65. The standard InChI is InChI=1S/C11H10BrN3O/c1-15-11(13-7-14-15)6-10(16)8-4-2-3-5-9(8)12/h2-5,7H,6H2,1H3. The van der Waals surface area contributed by atoms with Crippen molar-refractivity contribution < 1.29 is 4.79 Å². The van der Waals surface area contributed by atoms with Gasteiger partial charge in [-0.05, 0) is 6.07 Å². The minimum absolute atomic E-state index is 0.0311. The minimum atomic E-state index is 0.0311. The fraction of sp³-hybridized carbons (Fsp3) is 0.182. The molecule has 0 aliphatic rings. The number of benzene rings is 1. The summed E-state index contributed by atoms with van der Waals surface area (Å²) in [6.45, 7) is 0. The highest BCUT2D eigenvalue weighted by molar-refractivity contribution is 9.10. The summed E-state index contributed by atoms with van der Waals surface area (Å²) < 4.78 is 2.41. The summed E-state index contributed by atoms with van der Waals surface area (Å²) in [5, 5.41) is 3.93. The maximum atomic E-state index is 12.0. The Balaban J connectivity index is 2.22. The minimum Gasteiger partial charge on any atom is -0.294 e. The lowest BCUT2D eigenvalue weighted by Gasteiger charge is -2.02. The zero-order valence-corrected chi connectivity index (χ0v) is 10.3. The van der Waals surface area contributed by atoms with Gasteiger partial charge in [0.15, 0.2) is 5.78 Å². The number of aromatic nitrogens is 3. The van der Waals surface area contributed by atoms with E-state index >= 15 is 0 Å². The molecule has 0 amide bonds. The van der Waals surface area contributed by atoms with Crippen molar-refractivity contribution in [2.75, 3.05) is 0 Å². The molecule has 4 nitrogen and oxygen atoms in total. The molecule has 0 N–H and O–H groups in total. The van der Waals surface area contributed by atoms with Gasteiger partial charge >= 0.3 is 0 Å².